The zero-order valence-corrected chi connectivity index (χ0v) is 63.1. The van der Waals surface area contributed by atoms with E-state index in [9.17, 15) is 43.2 Å². The van der Waals surface area contributed by atoms with E-state index in [4.69, 9.17) is 37.0 Å². The Morgan fingerprint density at radius 2 is 0.543 bits per heavy atom. The molecule has 0 aliphatic rings. The number of carbonyl (C=O) groups is 4. The number of phosphoric acid groups is 2. The molecule has 0 saturated heterocycles. The van der Waals surface area contributed by atoms with E-state index in [2.05, 4.69) is 41.5 Å². The van der Waals surface area contributed by atoms with E-state index in [1.807, 2.05) is 0 Å². The number of rotatable bonds is 74. The Balaban J connectivity index is 5.20. The molecular formula is C75H146O17P2. The molecule has 0 aromatic rings. The van der Waals surface area contributed by atoms with Crippen molar-refractivity contribution in [1.29, 1.82) is 0 Å². The zero-order chi connectivity index (χ0) is 69.3. The Morgan fingerprint density at radius 3 is 0.809 bits per heavy atom. The highest BCUT2D eigenvalue weighted by Crippen LogP contribution is 2.45. The van der Waals surface area contributed by atoms with Gasteiger partial charge in [-0.2, -0.15) is 0 Å². The summed E-state index contributed by atoms with van der Waals surface area (Å²) >= 11 is 0. The highest BCUT2D eigenvalue weighted by molar-refractivity contribution is 7.47. The number of esters is 4. The number of hydrogen-bond donors (Lipinski definition) is 3. The first-order valence-electron chi connectivity index (χ1n) is 39.0. The summed E-state index contributed by atoms with van der Waals surface area (Å²) in [6.45, 7) is 9.59. The monoisotopic (exact) mass is 1380 g/mol. The maximum Gasteiger partial charge on any atom is 0.472 e. The molecule has 17 nitrogen and oxygen atoms in total. The molecule has 3 N–H and O–H groups in total. The van der Waals surface area contributed by atoms with Gasteiger partial charge in [0.2, 0.25) is 0 Å². The lowest BCUT2D eigenvalue weighted by molar-refractivity contribution is -0.161. The molecule has 3 unspecified atom stereocenters. The molecule has 0 aliphatic carbocycles. The lowest BCUT2D eigenvalue weighted by Crippen LogP contribution is -2.30. The predicted molar refractivity (Wildman–Crippen MR) is 381 cm³/mol. The van der Waals surface area contributed by atoms with Crippen molar-refractivity contribution in [1.82, 2.24) is 0 Å². The number of carbonyl (C=O) groups excluding carboxylic acids is 4. The van der Waals surface area contributed by atoms with Gasteiger partial charge in [-0.25, -0.2) is 9.13 Å². The maximum atomic E-state index is 13.1. The standard InChI is InChI=1S/C75H146O17P2/c1-7-10-12-14-16-17-18-19-20-21-22-25-29-35-41-47-53-59-74(79)92-71(64-86-73(78)58-52-46-40-34-28-26-23-24-27-32-38-43-49-55-67(4)5)66-90-94(83,84)88-62-69(76)61-87-93(81,82)89-65-70(63-85-72(77)57-51-45-37-15-13-11-8-2)91-75(80)60-54-48-42-36-31-30-33-39-44-50-56-68(6)9-3/h67-71,76H,7-66H2,1-6H3,(H,81,82)(H,83,84)/t68?,69-,70+,71+/m0/s1. The van der Waals surface area contributed by atoms with Crippen molar-refractivity contribution in [2.75, 3.05) is 39.6 Å². The molecule has 0 saturated carbocycles. The van der Waals surface area contributed by atoms with Gasteiger partial charge in [0.1, 0.15) is 19.3 Å². The fourth-order valence-electron chi connectivity index (χ4n) is 11.4. The van der Waals surface area contributed by atoms with Gasteiger partial charge in [0.25, 0.3) is 0 Å². The topological polar surface area (TPSA) is 237 Å². The molecule has 0 spiro atoms. The molecule has 0 heterocycles. The highest BCUT2D eigenvalue weighted by Gasteiger charge is 2.30. The lowest BCUT2D eigenvalue weighted by atomic mass is 9.99. The average Bonchev–Trinajstić information content (AvgIpc) is 1.55. The molecule has 0 rings (SSSR count). The van der Waals surface area contributed by atoms with E-state index in [-0.39, 0.29) is 25.7 Å². The van der Waals surface area contributed by atoms with Gasteiger partial charge >= 0.3 is 39.5 Å². The molecule has 0 bridgehead atoms. The Morgan fingerprint density at radius 1 is 0.309 bits per heavy atom. The van der Waals surface area contributed by atoms with Gasteiger partial charge in [-0.15, -0.1) is 0 Å². The maximum absolute atomic E-state index is 13.1. The van der Waals surface area contributed by atoms with Crippen LogP contribution in [0.1, 0.15) is 388 Å². The first-order chi connectivity index (χ1) is 45.4. The van der Waals surface area contributed by atoms with Crippen LogP contribution < -0.4 is 0 Å². The fourth-order valence-corrected chi connectivity index (χ4v) is 13.0. The minimum absolute atomic E-state index is 0.106. The molecule has 558 valence electrons. The third-order valence-electron chi connectivity index (χ3n) is 17.8. The normalized spacial score (nSPS) is 14.3. The van der Waals surface area contributed by atoms with E-state index in [0.717, 1.165) is 115 Å². The minimum atomic E-state index is -4.96. The van der Waals surface area contributed by atoms with Gasteiger partial charge in [0.15, 0.2) is 12.2 Å². The predicted octanol–water partition coefficient (Wildman–Crippen LogP) is 21.9. The van der Waals surface area contributed by atoms with Gasteiger partial charge in [-0.3, -0.25) is 37.3 Å². The van der Waals surface area contributed by atoms with Gasteiger partial charge in [0, 0.05) is 25.7 Å². The van der Waals surface area contributed by atoms with Crippen LogP contribution in [0.4, 0.5) is 0 Å². The Kier molecular flexibility index (Phi) is 65.5. The molecule has 0 aliphatic heterocycles. The lowest BCUT2D eigenvalue weighted by Gasteiger charge is -2.21. The zero-order valence-electron chi connectivity index (χ0n) is 61.3. The molecule has 19 heteroatoms. The number of aliphatic hydroxyl groups excluding tert-OH is 1. The highest BCUT2D eigenvalue weighted by atomic mass is 31.2. The van der Waals surface area contributed by atoms with Crippen LogP contribution in [-0.4, -0.2) is 96.7 Å². The summed E-state index contributed by atoms with van der Waals surface area (Å²) in [6.07, 6.45) is 54.1. The van der Waals surface area contributed by atoms with Crippen molar-refractivity contribution in [3.8, 4) is 0 Å². The van der Waals surface area contributed by atoms with E-state index >= 15 is 0 Å². The van der Waals surface area contributed by atoms with Crippen molar-refractivity contribution in [2.45, 2.75) is 407 Å². The van der Waals surface area contributed by atoms with Crippen molar-refractivity contribution < 1.29 is 80.2 Å². The summed E-state index contributed by atoms with van der Waals surface area (Å²) in [5.74, 6) is -0.526. The number of ether oxygens (including phenoxy) is 4. The summed E-state index contributed by atoms with van der Waals surface area (Å²) in [7, 11) is -9.90. The molecule has 94 heavy (non-hydrogen) atoms. The van der Waals surface area contributed by atoms with Crippen molar-refractivity contribution in [2.24, 2.45) is 11.8 Å². The summed E-state index contributed by atoms with van der Waals surface area (Å²) in [4.78, 5) is 72.7. The van der Waals surface area contributed by atoms with E-state index in [1.165, 1.54) is 193 Å². The van der Waals surface area contributed by atoms with Crippen LogP contribution in [0, 0.1) is 11.8 Å². The van der Waals surface area contributed by atoms with E-state index in [1.54, 1.807) is 0 Å². The Bertz CT molecular complexity index is 1820. The van der Waals surface area contributed by atoms with Crippen LogP contribution in [0.25, 0.3) is 0 Å². The van der Waals surface area contributed by atoms with Crippen LogP contribution in [0.15, 0.2) is 0 Å². The second-order valence-corrected chi connectivity index (χ2v) is 30.7. The van der Waals surface area contributed by atoms with Crippen LogP contribution in [-0.2, 0) is 65.4 Å². The van der Waals surface area contributed by atoms with Crippen molar-refractivity contribution >= 4 is 39.5 Å². The second-order valence-electron chi connectivity index (χ2n) is 27.8. The number of hydrogen-bond acceptors (Lipinski definition) is 15. The third kappa shape index (κ3) is 67.3. The van der Waals surface area contributed by atoms with Gasteiger partial charge in [0.05, 0.1) is 26.4 Å². The van der Waals surface area contributed by atoms with E-state index < -0.39 is 97.5 Å². The first-order valence-corrected chi connectivity index (χ1v) is 42.0. The molecule has 0 radical (unpaired) electrons. The summed E-state index contributed by atoms with van der Waals surface area (Å²) in [5.41, 5.74) is 0. The van der Waals surface area contributed by atoms with E-state index in [0.29, 0.717) is 25.7 Å². The molecular weight excluding hydrogens is 1230 g/mol. The molecule has 0 aromatic carbocycles. The second kappa shape index (κ2) is 66.9. The van der Waals surface area contributed by atoms with Crippen molar-refractivity contribution in [3.05, 3.63) is 0 Å². The number of unbranched alkanes of at least 4 members (excludes halogenated alkanes) is 43. The largest absolute Gasteiger partial charge is 0.472 e. The Hall–Kier alpha value is -1.94. The first kappa shape index (κ1) is 92.1. The number of phosphoric ester groups is 2. The molecule has 0 aromatic heterocycles. The SMILES string of the molecule is CCCCCCCCCCCCCCCCCCCC(=O)O[C@H](COC(=O)CCCCCCCCCCCCCCCC(C)C)COP(=O)(O)OC[C@@H](O)COP(=O)(O)OC[C@@H](COC(=O)CCCCCCCCC)OC(=O)CCCCCCCCCCCCC(C)CC. The van der Waals surface area contributed by atoms with Gasteiger partial charge in [-0.1, -0.05) is 337 Å². The van der Waals surface area contributed by atoms with Gasteiger partial charge < -0.3 is 33.8 Å². The van der Waals surface area contributed by atoms with Crippen molar-refractivity contribution in [3.63, 3.8) is 0 Å². The van der Waals surface area contributed by atoms with Gasteiger partial charge in [-0.05, 0) is 37.5 Å². The van der Waals surface area contributed by atoms with Crippen LogP contribution in [0.2, 0.25) is 0 Å². The summed E-state index contributed by atoms with van der Waals surface area (Å²) in [5, 5.41) is 10.6. The third-order valence-corrected chi connectivity index (χ3v) is 19.7. The molecule has 0 amide bonds. The Labute approximate surface area is 575 Å². The number of aliphatic hydroxyl groups is 1. The van der Waals surface area contributed by atoms with Crippen LogP contribution in [0.3, 0.4) is 0 Å². The minimum Gasteiger partial charge on any atom is -0.462 e. The summed E-state index contributed by atoms with van der Waals surface area (Å²) < 4.78 is 68.4. The average molecular weight is 1380 g/mol. The van der Waals surface area contributed by atoms with Crippen LogP contribution in [0.5, 0.6) is 0 Å². The quantitative estimate of drug-likeness (QED) is 0.0222. The summed E-state index contributed by atoms with van der Waals surface area (Å²) in [6, 6.07) is 0. The molecule has 6 atom stereocenters. The smallest absolute Gasteiger partial charge is 0.462 e. The van der Waals surface area contributed by atoms with Crippen LogP contribution >= 0.6 is 15.6 Å². The fraction of sp³-hybridized carbons (Fsp3) is 0.947. The molecule has 0 fully saturated rings.